The minimum absolute atomic E-state index is 0.217. The molecule has 4 aromatic rings. The molecule has 0 bridgehead atoms. The van der Waals surface area contributed by atoms with E-state index in [1.54, 1.807) is 6.20 Å². The molecule has 148 valence electrons. The van der Waals surface area contributed by atoms with Gasteiger partial charge in [-0.3, -0.25) is 9.89 Å². The molecular formula is C23H17BrN4O2. The Balaban J connectivity index is 1.78. The summed E-state index contributed by atoms with van der Waals surface area (Å²) >= 11 is 3.48. The fourth-order valence-corrected chi connectivity index (χ4v) is 4.48. The number of carbonyl (C=O) groups excluding carboxylic acids is 1. The number of anilines is 1. The number of hydrogen-bond donors (Lipinski definition) is 3. The lowest BCUT2D eigenvalue weighted by Gasteiger charge is -2.34. The normalized spacial score (nSPS) is 18.8. The van der Waals surface area contributed by atoms with Gasteiger partial charge >= 0.3 is 0 Å². The molecule has 1 aliphatic heterocycles. The Morgan fingerprint density at radius 3 is 2.53 bits per heavy atom. The Hall–Kier alpha value is -3.45. The van der Waals surface area contributed by atoms with Crippen LogP contribution in [-0.4, -0.2) is 27.0 Å². The van der Waals surface area contributed by atoms with Crippen molar-refractivity contribution in [2.24, 2.45) is 11.1 Å². The summed E-state index contributed by atoms with van der Waals surface area (Å²) < 4.78 is 0.946. The molecule has 1 aliphatic rings. The Morgan fingerprint density at radius 2 is 1.80 bits per heavy atom. The lowest BCUT2D eigenvalue weighted by Crippen LogP contribution is -2.40. The van der Waals surface area contributed by atoms with Gasteiger partial charge in [0.15, 0.2) is 0 Å². The number of rotatable bonds is 3. The number of carbonyl (C=O) groups is 1. The van der Waals surface area contributed by atoms with Crippen molar-refractivity contribution in [2.45, 2.75) is 5.92 Å². The number of nitrogens with zero attached hydrogens (tertiary/aromatic N) is 2. The number of amides is 1. The molecule has 0 fully saturated rings. The van der Waals surface area contributed by atoms with E-state index in [0.717, 1.165) is 32.2 Å². The molecule has 0 saturated heterocycles. The summed E-state index contributed by atoms with van der Waals surface area (Å²) in [7, 11) is 0. The van der Waals surface area contributed by atoms with E-state index in [2.05, 4.69) is 36.6 Å². The fourth-order valence-electron chi connectivity index (χ4n) is 4.22. The molecule has 1 amide bonds. The zero-order valence-corrected chi connectivity index (χ0v) is 17.3. The maximum Gasteiger partial charge on any atom is 0.234 e. The monoisotopic (exact) mass is 460 g/mol. The highest BCUT2D eigenvalue weighted by molar-refractivity contribution is 9.10. The van der Waals surface area contributed by atoms with Crippen molar-refractivity contribution in [2.75, 3.05) is 5.32 Å². The first-order valence-corrected chi connectivity index (χ1v) is 10.3. The molecule has 0 radical (unpaired) electrons. The summed E-state index contributed by atoms with van der Waals surface area (Å²) in [4.78, 5) is 13.3. The van der Waals surface area contributed by atoms with E-state index in [0.29, 0.717) is 11.3 Å². The lowest BCUT2D eigenvalue weighted by molar-refractivity contribution is -0.118. The summed E-state index contributed by atoms with van der Waals surface area (Å²) in [6.45, 7) is 0. The first kappa shape index (κ1) is 18.6. The minimum Gasteiger partial charge on any atom is -0.411 e. The fraction of sp³-hybridized carbons (Fsp3) is 0.0870. The molecule has 0 spiro atoms. The second-order valence-electron chi connectivity index (χ2n) is 7.21. The highest BCUT2D eigenvalue weighted by Gasteiger charge is 2.42. The van der Waals surface area contributed by atoms with Crippen LogP contribution in [0.3, 0.4) is 0 Å². The molecule has 0 saturated carbocycles. The van der Waals surface area contributed by atoms with Crippen LogP contribution in [0.2, 0.25) is 0 Å². The van der Waals surface area contributed by atoms with Crippen molar-refractivity contribution in [1.29, 1.82) is 0 Å². The zero-order valence-electron chi connectivity index (χ0n) is 15.7. The molecule has 1 aromatic heterocycles. The Kier molecular flexibility index (Phi) is 4.59. The highest BCUT2D eigenvalue weighted by Crippen LogP contribution is 2.45. The first-order valence-electron chi connectivity index (χ1n) is 9.47. The summed E-state index contributed by atoms with van der Waals surface area (Å²) in [6.07, 6.45) is 1.76. The smallest absolute Gasteiger partial charge is 0.234 e. The third-order valence-electron chi connectivity index (χ3n) is 5.54. The quantitative estimate of drug-likeness (QED) is 0.230. The summed E-state index contributed by atoms with van der Waals surface area (Å²) in [5.41, 5.74) is 4.47. The van der Waals surface area contributed by atoms with Gasteiger partial charge in [-0.05, 0) is 29.8 Å². The number of halogens is 1. The average molecular weight is 461 g/mol. The van der Waals surface area contributed by atoms with Gasteiger partial charge in [-0.15, -0.1) is 0 Å². The van der Waals surface area contributed by atoms with Crippen LogP contribution in [0.15, 0.2) is 82.6 Å². The molecule has 3 N–H and O–H groups in total. The van der Waals surface area contributed by atoms with Gasteiger partial charge in [0.2, 0.25) is 5.91 Å². The maximum absolute atomic E-state index is 13.3. The lowest BCUT2D eigenvalue weighted by atomic mass is 9.73. The van der Waals surface area contributed by atoms with E-state index < -0.39 is 5.92 Å². The van der Waals surface area contributed by atoms with Gasteiger partial charge in [0.05, 0.1) is 17.6 Å². The summed E-state index contributed by atoms with van der Waals surface area (Å²) in [5, 5.41) is 24.8. The van der Waals surface area contributed by atoms with Crippen LogP contribution in [0.25, 0.3) is 10.9 Å². The molecule has 7 heteroatoms. The Bertz CT molecular complexity index is 1270. The number of nitrogens with one attached hydrogen (secondary N) is 2. The van der Waals surface area contributed by atoms with Crippen LogP contribution in [0.5, 0.6) is 0 Å². The maximum atomic E-state index is 13.3. The number of benzene rings is 3. The van der Waals surface area contributed by atoms with Gasteiger partial charge in [0.25, 0.3) is 0 Å². The number of aromatic amines is 1. The van der Waals surface area contributed by atoms with Crippen LogP contribution >= 0.6 is 15.9 Å². The number of H-pyrrole nitrogens is 1. The van der Waals surface area contributed by atoms with Crippen LogP contribution in [0, 0.1) is 5.92 Å². The number of fused-ring (bicyclic) bond motifs is 3. The number of aromatic nitrogens is 2. The molecule has 30 heavy (non-hydrogen) atoms. The van der Waals surface area contributed by atoms with Crippen molar-refractivity contribution in [3.63, 3.8) is 0 Å². The van der Waals surface area contributed by atoms with Crippen molar-refractivity contribution >= 4 is 44.1 Å². The second kappa shape index (κ2) is 7.42. The first-order chi connectivity index (χ1) is 14.7. The molecule has 5 rings (SSSR count). The van der Waals surface area contributed by atoms with E-state index in [1.807, 2.05) is 66.7 Å². The summed E-state index contributed by atoms with van der Waals surface area (Å²) in [6, 6.07) is 21.0. The van der Waals surface area contributed by atoms with E-state index in [1.165, 1.54) is 0 Å². The predicted molar refractivity (Wildman–Crippen MR) is 119 cm³/mol. The van der Waals surface area contributed by atoms with Crippen molar-refractivity contribution in [3.8, 4) is 0 Å². The number of oxime groups is 1. The SMILES string of the molecule is O=C1Nc2ccc3cn[nH]c3c2[C@H](c2ccc(Br)cc2)[C@H]1/C(=N\O)c1ccccc1. The predicted octanol–water partition coefficient (Wildman–Crippen LogP) is 4.90. The van der Waals surface area contributed by atoms with E-state index >= 15 is 0 Å². The van der Waals surface area contributed by atoms with Gasteiger partial charge in [-0.1, -0.05) is 63.6 Å². The van der Waals surface area contributed by atoms with Gasteiger partial charge in [-0.2, -0.15) is 5.10 Å². The molecule has 3 aromatic carbocycles. The highest BCUT2D eigenvalue weighted by atomic mass is 79.9. The Morgan fingerprint density at radius 1 is 1.03 bits per heavy atom. The largest absolute Gasteiger partial charge is 0.411 e. The zero-order chi connectivity index (χ0) is 20.7. The van der Waals surface area contributed by atoms with Crippen LogP contribution in [0.1, 0.15) is 22.6 Å². The standard InChI is InChI=1S/C23H17BrN4O2/c24-16-9-6-13(7-10-16)18-19-17(11-8-15-12-25-27-21(15)19)26-23(29)20(18)22(28-30)14-4-2-1-3-5-14/h1-12,18,20,30H,(H,25,27)(H,26,29)/b28-22-/t18-,20-/m0/s1. The average Bonchev–Trinajstić information content (AvgIpc) is 3.25. The Labute approximate surface area is 180 Å². The van der Waals surface area contributed by atoms with E-state index in [9.17, 15) is 10.0 Å². The van der Waals surface area contributed by atoms with Crippen LogP contribution in [0.4, 0.5) is 5.69 Å². The molecule has 2 heterocycles. The van der Waals surface area contributed by atoms with Gasteiger partial charge in [0.1, 0.15) is 5.71 Å². The molecule has 0 aliphatic carbocycles. The third-order valence-corrected chi connectivity index (χ3v) is 6.07. The van der Waals surface area contributed by atoms with Crippen LogP contribution < -0.4 is 5.32 Å². The van der Waals surface area contributed by atoms with E-state index in [-0.39, 0.29) is 11.8 Å². The molecular weight excluding hydrogens is 444 g/mol. The van der Waals surface area contributed by atoms with Gasteiger partial charge < -0.3 is 10.5 Å². The van der Waals surface area contributed by atoms with Crippen molar-refractivity contribution in [3.05, 3.63) is 94.1 Å². The molecule has 0 unspecified atom stereocenters. The topological polar surface area (TPSA) is 90.4 Å². The summed E-state index contributed by atoms with van der Waals surface area (Å²) in [5.74, 6) is -1.30. The van der Waals surface area contributed by atoms with Crippen molar-refractivity contribution in [1.82, 2.24) is 10.2 Å². The third kappa shape index (κ3) is 2.98. The second-order valence-corrected chi connectivity index (χ2v) is 8.12. The van der Waals surface area contributed by atoms with Crippen molar-refractivity contribution < 1.29 is 10.0 Å². The van der Waals surface area contributed by atoms with E-state index in [4.69, 9.17) is 0 Å². The van der Waals surface area contributed by atoms with Gasteiger partial charge in [-0.25, -0.2) is 0 Å². The van der Waals surface area contributed by atoms with Gasteiger partial charge in [0, 0.05) is 32.6 Å². The molecule has 2 atom stereocenters. The molecule has 6 nitrogen and oxygen atoms in total. The number of hydrogen-bond acceptors (Lipinski definition) is 4. The minimum atomic E-state index is -0.722. The van der Waals surface area contributed by atoms with Crippen LogP contribution in [-0.2, 0) is 4.79 Å².